The van der Waals surface area contributed by atoms with Gasteiger partial charge in [-0.1, -0.05) is 13.8 Å². The Labute approximate surface area is 123 Å². The number of methoxy groups -OCH3 is 1. The summed E-state index contributed by atoms with van der Waals surface area (Å²) in [7, 11) is 1.62. The van der Waals surface area contributed by atoms with Gasteiger partial charge in [0.25, 0.3) is 0 Å². The minimum absolute atomic E-state index is 0.0107. The number of amides is 1. The van der Waals surface area contributed by atoms with Crippen LogP contribution in [-0.2, 0) is 4.79 Å². The number of ether oxygens (including phenoxy) is 1. The Morgan fingerprint density at radius 3 is 2.63 bits per heavy atom. The van der Waals surface area contributed by atoms with Crippen molar-refractivity contribution < 1.29 is 9.53 Å². The van der Waals surface area contributed by atoms with Crippen LogP contribution in [0.5, 0.6) is 5.75 Å². The molecule has 0 fully saturated rings. The van der Waals surface area contributed by atoms with Gasteiger partial charge in [-0.05, 0) is 40.9 Å². The highest BCUT2D eigenvalue weighted by molar-refractivity contribution is 9.10. The lowest BCUT2D eigenvalue weighted by Gasteiger charge is -2.17. The summed E-state index contributed by atoms with van der Waals surface area (Å²) in [6, 6.07) is 5.30. The summed E-state index contributed by atoms with van der Waals surface area (Å²) in [5, 5.41) is 6.07. The topological polar surface area (TPSA) is 50.4 Å². The first-order valence-electron chi connectivity index (χ1n) is 6.31. The Morgan fingerprint density at radius 1 is 1.37 bits per heavy atom. The fourth-order valence-corrected chi connectivity index (χ4v) is 1.86. The maximum absolute atomic E-state index is 11.9. The zero-order chi connectivity index (χ0) is 14.4. The van der Waals surface area contributed by atoms with Crippen molar-refractivity contribution in [1.82, 2.24) is 5.32 Å². The molecule has 2 N–H and O–H groups in total. The van der Waals surface area contributed by atoms with Crippen LogP contribution < -0.4 is 15.4 Å². The van der Waals surface area contributed by atoms with Crippen LogP contribution >= 0.6 is 15.9 Å². The molecule has 0 aliphatic heterocycles. The van der Waals surface area contributed by atoms with Gasteiger partial charge in [0.1, 0.15) is 11.8 Å². The molecule has 0 spiro atoms. The van der Waals surface area contributed by atoms with Crippen LogP contribution in [0.2, 0.25) is 0 Å². The third-order valence-corrected chi connectivity index (χ3v) is 3.31. The molecule has 1 aromatic carbocycles. The molecule has 0 bridgehead atoms. The van der Waals surface area contributed by atoms with Gasteiger partial charge >= 0.3 is 0 Å². The van der Waals surface area contributed by atoms with Gasteiger partial charge in [-0.2, -0.15) is 0 Å². The molecule has 5 heteroatoms. The SMILES string of the molecule is COc1ccc(Br)c(NC(C)C(=O)NCC(C)C)c1. The summed E-state index contributed by atoms with van der Waals surface area (Å²) in [6.45, 7) is 6.65. The predicted molar refractivity (Wildman–Crippen MR) is 81.6 cm³/mol. The van der Waals surface area contributed by atoms with Crippen molar-refractivity contribution in [3.63, 3.8) is 0 Å². The van der Waals surface area contributed by atoms with Gasteiger partial charge in [0.2, 0.25) is 5.91 Å². The van der Waals surface area contributed by atoms with E-state index in [0.717, 1.165) is 15.9 Å². The van der Waals surface area contributed by atoms with Crippen LogP contribution in [0.25, 0.3) is 0 Å². The fourth-order valence-electron chi connectivity index (χ4n) is 1.50. The third kappa shape index (κ3) is 5.11. The second-order valence-corrected chi connectivity index (χ2v) is 5.71. The van der Waals surface area contributed by atoms with Crippen molar-refractivity contribution >= 4 is 27.5 Å². The zero-order valence-corrected chi connectivity index (χ0v) is 13.4. The average molecular weight is 329 g/mol. The number of carbonyl (C=O) groups is 1. The number of halogens is 1. The van der Waals surface area contributed by atoms with Gasteiger partial charge in [0.15, 0.2) is 0 Å². The molecule has 0 radical (unpaired) electrons. The lowest BCUT2D eigenvalue weighted by molar-refractivity contribution is -0.121. The molecular formula is C14H21BrN2O2. The van der Waals surface area contributed by atoms with Crippen molar-refractivity contribution in [2.75, 3.05) is 19.0 Å². The highest BCUT2D eigenvalue weighted by Gasteiger charge is 2.14. The minimum Gasteiger partial charge on any atom is -0.497 e. The van der Waals surface area contributed by atoms with Crippen molar-refractivity contribution in [1.29, 1.82) is 0 Å². The van der Waals surface area contributed by atoms with Crippen LogP contribution in [0.1, 0.15) is 20.8 Å². The number of nitrogens with one attached hydrogen (secondary N) is 2. The maximum Gasteiger partial charge on any atom is 0.242 e. The highest BCUT2D eigenvalue weighted by Crippen LogP contribution is 2.27. The molecule has 0 heterocycles. The summed E-state index contributed by atoms with van der Waals surface area (Å²) in [5.41, 5.74) is 0.839. The van der Waals surface area contributed by atoms with E-state index < -0.39 is 0 Å². The van der Waals surface area contributed by atoms with Gasteiger partial charge < -0.3 is 15.4 Å². The second kappa shape index (κ2) is 7.38. The van der Waals surface area contributed by atoms with Crippen molar-refractivity contribution in [2.24, 2.45) is 5.92 Å². The molecule has 106 valence electrons. The fraction of sp³-hybridized carbons (Fsp3) is 0.500. The minimum atomic E-state index is -0.304. The van der Waals surface area contributed by atoms with E-state index in [2.05, 4.69) is 40.4 Å². The largest absolute Gasteiger partial charge is 0.497 e. The van der Waals surface area contributed by atoms with Gasteiger partial charge in [0.05, 0.1) is 12.8 Å². The van der Waals surface area contributed by atoms with E-state index in [-0.39, 0.29) is 11.9 Å². The Kier molecular flexibility index (Phi) is 6.15. The molecule has 0 aliphatic carbocycles. The van der Waals surface area contributed by atoms with Gasteiger partial charge in [-0.3, -0.25) is 4.79 Å². The standard InChI is InChI=1S/C14H21BrN2O2/c1-9(2)8-16-14(18)10(3)17-13-7-11(19-4)5-6-12(13)15/h5-7,9-10,17H,8H2,1-4H3,(H,16,18). The zero-order valence-electron chi connectivity index (χ0n) is 11.8. The lowest BCUT2D eigenvalue weighted by Crippen LogP contribution is -2.39. The monoisotopic (exact) mass is 328 g/mol. The molecule has 19 heavy (non-hydrogen) atoms. The Morgan fingerprint density at radius 2 is 2.05 bits per heavy atom. The number of hydrogen-bond donors (Lipinski definition) is 2. The number of hydrogen-bond acceptors (Lipinski definition) is 3. The molecule has 0 aliphatic rings. The summed E-state index contributed by atoms with van der Waals surface area (Å²) in [5.74, 6) is 1.18. The van der Waals surface area contributed by atoms with E-state index in [1.54, 1.807) is 7.11 Å². The van der Waals surface area contributed by atoms with Gasteiger partial charge in [0, 0.05) is 17.1 Å². The quantitative estimate of drug-likeness (QED) is 0.843. The van der Waals surface area contributed by atoms with E-state index >= 15 is 0 Å². The molecule has 1 rings (SSSR count). The number of benzene rings is 1. The van der Waals surface area contributed by atoms with E-state index in [1.807, 2.05) is 25.1 Å². The summed E-state index contributed by atoms with van der Waals surface area (Å²) in [4.78, 5) is 11.9. The maximum atomic E-state index is 11.9. The van der Waals surface area contributed by atoms with E-state index in [0.29, 0.717) is 12.5 Å². The molecule has 1 unspecified atom stereocenters. The van der Waals surface area contributed by atoms with E-state index in [4.69, 9.17) is 4.74 Å². The number of anilines is 1. The predicted octanol–water partition coefficient (Wildman–Crippen LogP) is 3.03. The van der Waals surface area contributed by atoms with Gasteiger partial charge in [-0.25, -0.2) is 0 Å². The van der Waals surface area contributed by atoms with E-state index in [1.165, 1.54) is 0 Å². The van der Waals surface area contributed by atoms with Crippen molar-refractivity contribution in [3.8, 4) is 5.75 Å². The smallest absolute Gasteiger partial charge is 0.242 e. The first-order chi connectivity index (χ1) is 8.93. The van der Waals surface area contributed by atoms with Crippen LogP contribution in [0.15, 0.2) is 22.7 Å². The van der Waals surface area contributed by atoms with Crippen LogP contribution in [-0.4, -0.2) is 25.6 Å². The molecule has 4 nitrogen and oxygen atoms in total. The van der Waals surface area contributed by atoms with Crippen LogP contribution in [0.3, 0.4) is 0 Å². The number of rotatable bonds is 6. The van der Waals surface area contributed by atoms with Crippen molar-refractivity contribution in [3.05, 3.63) is 22.7 Å². The average Bonchev–Trinajstić information content (AvgIpc) is 2.38. The molecule has 0 aromatic heterocycles. The molecule has 1 atom stereocenters. The molecule has 1 amide bonds. The van der Waals surface area contributed by atoms with E-state index in [9.17, 15) is 4.79 Å². The third-order valence-electron chi connectivity index (χ3n) is 2.62. The summed E-state index contributed by atoms with van der Waals surface area (Å²) >= 11 is 3.45. The van der Waals surface area contributed by atoms with Crippen LogP contribution in [0.4, 0.5) is 5.69 Å². The Balaban J connectivity index is 2.65. The highest BCUT2D eigenvalue weighted by atomic mass is 79.9. The second-order valence-electron chi connectivity index (χ2n) is 4.85. The van der Waals surface area contributed by atoms with Crippen LogP contribution in [0, 0.1) is 5.92 Å². The lowest BCUT2D eigenvalue weighted by atomic mass is 10.2. The first kappa shape index (κ1) is 15.8. The number of carbonyl (C=O) groups excluding carboxylic acids is 1. The normalized spacial score (nSPS) is 12.1. The molecule has 1 aromatic rings. The molecule has 0 saturated carbocycles. The van der Waals surface area contributed by atoms with Gasteiger partial charge in [-0.15, -0.1) is 0 Å². The van der Waals surface area contributed by atoms with Crippen molar-refractivity contribution in [2.45, 2.75) is 26.8 Å². The Hall–Kier alpha value is -1.23. The summed E-state index contributed by atoms with van der Waals surface area (Å²) in [6.07, 6.45) is 0. The molecular weight excluding hydrogens is 308 g/mol. The summed E-state index contributed by atoms with van der Waals surface area (Å²) < 4.78 is 6.07. The Bertz CT molecular complexity index is 435. The molecule has 0 saturated heterocycles. The first-order valence-corrected chi connectivity index (χ1v) is 7.11.